The fourth-order valence-electron chi connectivity index (χ4n) is 3.73. The molecule has 0 aliphatic carbocycles. The highest BCUT2D eigenvalue weighted by atomic mass is 16.5. The van der Waals surface area contributed by atoms with Gasteiger partial charge in [0, 0.05) is 17.3 Å². The maximum atomic E-state index is 13.3. The second kappa shape index (κ2) is 8.47. The molecule has 0 amide bonds. The molecule has 5 nitrogen and oxygen atoms in total. The van der Waals surface area contributed by atoms with Crippen LogP contribution in [0.5, 0.6) is 5.75 Å². The van der Waals surface area contributed by atoms with Crippen LogP contribution < -0.4 is 10.3 Å². The quantitative estimate of drug-likeness (QED) is 0.394. The van der Waals surface area contributed by atoms with Crippen LogP contribution in [0.4, 0.5) is 0 Å². The predicted molar refractivity (Wildman–Crippen MR) is 127 cm³/mol. The largest absolute Gasteiger partial charge is 0.497 e. The van der Waals surface area contributed by atoms with Gasteiger partial charge < -0.3 is 9.30 Å². The summed E-state index contributed by atoms with van der Waals surface area (Å²) in [4.78, 5) is 23.0. The molecule has 0 saturated carbocycles. The number of pyridine rings is 1. The van der Waals surface area contributed by atoms with E-state index in [0.29, 0.717) is 23.3 Å². The lowest BCUT2D eigenvalue weighted by Crippen LogP contribution is -2.21. The number of aromatic nitrogens is 3. The van der Waals surface area contributed by atoms with E-state index >= 15 is 0 Å². The molecule has 0 saturated heterocycles. The van der Waals surface area contributed by atoms with Gasteiger partial charge in [-0.15, -0.1) is 0 Å². The standard InChI is InChI=1S/C27H21N3O2/c1-32-22-14-12-19(13-15-22)18-30-17-16-23-26(27(30)31)29-25(21-10-6-3-7-11-21)24(28-23)20-8-4-2-5-9-20/h2-17H,18H2,1H3. The lowest BCUT2D eigenvalue weighted by molar-refractivity contribution is 0.414. The third-order valence-corrected chi connectivity index (χ3v) is 5.40. The SMILES string of the molecule is COc1ccc(Cn2ccc3nc(-c4ccccc4)c(-c4ccccc4)nc3c2=O)cc1. The summed E-state index contributed by atoms with van der Waals surface area (Å²) in [5.74, 6) is 0.784. The van der Waals surface area contributed by atoms with E-state index in [2.05, 4.69) is 0 Å². The number of rotatable bonds is 5. The lowest BCUT2D eigenvalue weighted by atomic mass is 10.0. The molecule has 0 atom stereocenters. The van der Waals surface area contributed by atoms with Crippen LogP contribution in [0.3, 0.4) is 0 Å². The van der Waals surface area contributed by atoms with Crippen LogP contribution in [-0.4, -0.2) is 21.6 Å². The molecule has 0 bridgehead atoms. The summed E-state index contributed by atoms with van der Waals surface area (Å²) in [7, 11) is 1.63. The fourth-order valence-corrected chi connectivity index (χ4v) is 3.73. The molecule has 3 aromatic carbocycles. The van der Waals surface area contributed by atoms with Crippen molar-refractivity contribution >= 4 is 11.0 Å². The smallest absolute Gasteiger partial charge is 0.278 e. The molecule has 2 aromatic heterocycles. The molecule has 0 aliphatic rings. The van der Waals surface area contributed by atoms with E-state index in [-0.39, 0.29) is 5.56 Å². The zero-order chi connectivity index (χ0) is 21.9. The van der Waals surface area contributed by atoms with Gasteiger partial charge in [-0.3, -0.25) is 4.79 Å². The molecule has 156 valence electrons. The molecular weight excluding hydrogens is 398 g/mol. The lowest BCUT2D eigenvalue weighted by Gasteiger charge is -2.12. The minimum absolute atomic E-state index is 0.164. The summed E-state index contributed by atoms with van der Waals surface area (Å²) >= 11 is 0. The number of hydrogen-bond acceptors (Lipinski definition) is 4. The van der Waals surface area contributed by atoms with Crippen LogP contribution in [0.25, 0.3) is 33.5 Å². The van der Waals surface area contributed by atoms with Crippen molar-refractivity contribution in [2.45, 2.75) is 6.54 Å². The van der Waals surface area contributed by atoms with Crippen LogP contribution in [-0.2, 0) is 6.54 Å². The molecule has 0 radical (unpaired) electrons. The Morgan fingerprint density at radius 3 is 1.94 bits per heavy atom. The molecule has 5 heteroatoms. The Labute approximate surface area is 185 Å². The van der Waals surface area contributed by atoms with Gasteiger partial charge in [-0.1, -0.05) is 72.8 Å². The summed E-state index contributed by atoms with van der Waals surface area (Å²) < 4.78 is 6.88. The van der Waals surface area contributed by atoms with Gasteiger partial charge in [0.2, 0.25) is 0 Å². The first kappa shape index (κ1) is 19.7. The molecule has 5 rings (SSSR count). The summed E-state index contributed by atoms with van der Waals surface area (Å²) in [5, 5.41) is 0. The Hall–Kier alpha value is -4.25. The fraction of sp³-hybridized carbons (Fsp3) is 0.0741. The summed E-state index contributed by atoms with van der Waals surface area (Å²) in [6.07, 6.45) is 1.78. The molecule has 0 N–H and O–H groups in total. The van der Waals surface area contributed by atoms with E-state index in [1.54, 1.807) is 17.9 Å². The first-order valence-electron chi connectivity index (χ1n) is 10.4. The van der Waals surface area contributed by atoms with Gasteiger partial charge in [-0.05, 0) is 23.8 Å². The molecule has 0 aliphatic heterocycles. The number of fused-ring (bicyclic) bond motifs is 1. The van der Waals surface area contributed by atoms with Gasteiger partial charge in [-0.2, -0.15) is 0 Å². The summed E-state index contributed by atoms with van der Waals surface area (Å²) in [5.41, 5.74) is 5.13. The molecule has 0 unspecified atom stereocenters. The molecule has 0 spiro atoms. The number of methoxy groups -OCH3 is 1. The number of ether oxygens (including phenoxy) is 1. The first-order valence-corrected chi connectivity index (χ1v) is 10.4. The predicted octanol–water partition coefficient (Wildman–Crippen LogP) is 5.18. The highest BCUT2D eigenvalue weighted by Gasteiger charge is 2.15. The topological polar surface area (TPSA) is 57.0 Å². The average Bonchev–Trinajstić information content (AvgIpc) is 2.86. The van der Waals surface area contributed by atoms with Gasteiger partial charge in [0.05, 0.1) is 30.6 Å². The maximum absolute atomic E-state index is 13.3. The highest BCUT2D eigenvalue weighted by molar-refractivity contribution is 5.85. The molecule has 32 heavy (non-hydrogen) atoms. The van der Waals surface area contributed by atoms with Crippen molar-refractivity contribution in [2.75, 3.05) is 7.11 Å². The van der Waals surface area contributed by atoms with E-state index in [1.807, 2.05) is 91.0 Å². The van der Waals surface area contributed by atoms with Crippen LogP contribution >= 0.6 is 0 Å². The van der Waals surface area contributed by atoms with E-state index in [1.165, 1.54) is 0 Å². The Kier molecular flexibility index (Phi) is 5.22. The van der Waals surface area contributed by atoms with Crippen molar-refractivity contribution in [3.8, 4) is 28.3 Å². The second-order valence-corrected chi connectivity index (χ2v) is 7.48. The molecule has 0 fully saturated rings. The summed E-state index contributed by atoms with van der Waals surface area (Å²) in [6.45, 7) is 0.446. The van der Waals surface area contributed by atoms with E-state index in [4.69, 9.17) is 14.7 Å². The third-order valence-electron chi connectivity index (χ3n) is 5.40. The van der Waals surface area contributed by atoms with Crippen LogP contribution in [0.1, 0.15) is 5.56 Å². The third kappa shape index (κ3) is 3.76. The van der Waals surface area contributed by atoms with Gasteiger partial charge in [0.25, 0.3) is 5.56 Å². The van der Waals surface area contributed by atoms with Gasteiger partial charge in [-0.25, -0.2) is 9.97 Å². The number of nitrogens with zero attached hydrogens (tertiary/aromatic N) is 3. The van der Waals surface area contributed by atoms with Gasteiger partial charge in [0.1, 0.15) is 5.75 Å². The van der Waals surface area contributed by atoms with E-state index < -0.39 is 0 Å². The summed E-state index contributed by atoms with van der Waals surface area (Å²) in [6, 6.07) is 29.3. The first-order chi connectivity index (χ1) is 15.7. The van der Waals surface area contributed by atoms with Crippen LogP contribution in [0.2, 0.25) is 0 Å². The van der Waals surface area contributed by atoms with Gasteiger partial charge >= 0.3 is 0 Å². The van der Waals surface area contributed by atoms with Crippen LogP contribution in [0, 0.1) is 0 Å². The number of hydrogen-bond donors (Lipinski definition) is 0. The maximum Gasteiger partial charge on any atom is 0.278 e. The molecule has 2 heterocycles. The minimum atomic E-state index is -0.164. The Morgan fingerprint density at radius 1 is 0.750 bits per heavy atom. The zero-order valence-electron chi connectivity index (χ0n) is 17.6. The molecule has 5 aromatic rings. The van der Waals surface area contributed by atoms with Crippen molar-refractivity contribution < 1.29 is 4.74 Å². The zero-order valence-corrected chi connectivity index (χ0v) is 17.6. The Bertz CT molecular complexity index is 1430. The van der Waals surface area contributed by atoms with Crippen molar-refractivity contribution in [1.29, 1.82) is 0 Å². The average molecular weight is 419 g/mol. The Morgan fingerprint density at radius 2 is 1.34 bits per heavy atom. The molecular formula is C27H21N3O2. The monoisotopic (exact) mass is 419 g/mol. The Balaban J connectivity index is 1.66. The van der Waals surface area contributed by atoms with Crippen LogP contribution in [0.15, 0.2) is 102 Å². The normalized spacial score (nSPS) is 10.9. The number of benzene rings is 3. The van der Waals surface area contributed by atoms with E-state index in [9.17, 15) is 4.79 Å². The van der Waals surface area contributed by atoms with Gasteiger partial charge in [0.15, 0.2) is 5.52 Å². The minimum Gasteiger partial charge on any atom is -0.497 e. The van der Waals surface area contributed by atoms with Crippen molar-refractivity contribution in [1.82, 2.24) is 14.5 Å². The van der Waals surface area contributed by atoms with Crippen molar-refractivity contribution in [2.24, 2.45) is 0 Å². The highest BCUT2D eigenvalue weighted by Crippen LogP contribution is 2.30. The van der Waals surface area contributed by atoms with Crippen molar-refractivity contribution in [3.05, 3.63) is 113 Å². The van der Waals surface area contributed by atoms with E-state index in [0.717, 1.165) is 28.1 Å². The second-order valence-electron chi connectivity index (χ2n) is 7.48. The van der Waals surface area contributed by atoms with Crippen molar-refractivity contribution in [3.63, 3.8) is 0 Å².